The van der Waals surface area contributed by atoms with Crippen LogP contribution >= 0.6 is 11.6 Å². The van der Waals surface area contributed by atoms with Crippen LogP contribution in [0.15, 0.2) is 24.3 Å². The summed E-state index contributed by atoms with van der Waals surface area (Å²) in [6.45, 7) is 3.54. The minimum atomic E-state index is -0.126. The molecule has 1 atom stereocenters. The number of likely N-dealkylation sites (N-methyl/N-ethyl adjacent to an activating group) is 1. The van der Waals surface area contributed by atoms with E-state index in [9.17, 15) is 4.79 Å². The lowest BCUT2D eigenvalue weighted by molar-refractivity contribution is -0.125. The van der Waals surface area contributed by atoms with Crippen molar-refractivity contribution in [2.45, 2.75) is 51.6 Å². The maximum atomic E-state index is 12.3. The summed E-state index contributed by atoms with van der Waals surface area (Å²) in [5, 5.41) is 3.87. The molecule has 1 saturated carbocycles. The van der Waals surface area contributed by atoms with Crippen molar-refractivity contribution >= 4 is 17.5 Å². The molecule has 0 unspecified atom stereocenters. The maximum Gasteiger partial charge on any atom is 0.237 e. The lowest BCUT2D eigenvalue weighted by Crippen LogP contribution is -2.44. The Morgan fingerprint density at radius 3 is 2.55 bits per heavy atom. The third-order valence-corrected chi connectivity index (χ3v) is 4.93. The molecule has 0 aromatic heterocycles. The van der Waals surface area contributed by atoms with Crippen molar-refractivity contribution in [3.05, 3.63) is 34.9 Å². The summed E-state index contributed by atoms with van der Waals surface area (Å²) in [5.74, 6) is 0.800. The molecule has 1 aliphatic rings. The average Bonchev–Trinajstić information content (AvgIpc) is 2.55. The number of amides is 1. The van der Waals surface area contributed by atoms with E-state index >= 15 is 0 Å². The van der Waals surface area contributed by atoms with Crippen LogP contribution < -0.4 is 5.32 Å². The lowest BCUT2D eigenvalue weighted by Gasteiger charge is -2.26. The van der Waals surface area contributed by atoms with E-state index < -0.39 is 0 Å². The summed E-state index contributed by atoms with van der Waals surface area (Å²) in [6.07, 6.45) is 6.49. The van der Waals surface area contributed by atoms with E-state index in [1.54, 1.807) is 0 Å². The van der Waals surface area contributed by atoms with Crippen LogP contribution in [0.1, 0.15) is 44.6 Å². The minimum absolute atomic E-state index is 0.126. The molecule has 1 aliphatic carbocycles. The topological polar surface area (TPSA) is 32.3 Å². The van der Waals surface area contributed by atoms with Gasteiger partial charge in [-0.05, 0) is 50.4 Å². The Kier molecular flexibility index (Phi) is 6.71. The molecule has 0 bridgehead atoms. The molecule has 122 valence electrons. The molecule has 1 aromatic rings. The van der Waals surface area contributed by atoms with Crippen molar-refractivity contribution in [1.82, 2.24) is 10.2 Å². The molecule has 22 heavy (non-hydrogen) atoms. The van der Waals surface area contributed by atoms with Gasteiger partial charge >= 0.3 is 0 Å². The molecule has 4 heteroatoms. The van der Waals surface area contributed by atoms with Crippen LogP contribution in [0.2, 0.25) is 5.02 Å². The van der Waals surface area contributed by atoms with Crippen molar-refractivity contribution in [2.24, 2.45) is 5.92 Å². The largest absolute Gasteiger partial charge is 0.354 e. The molecule has 1 amide bonds. The summed E-state index contributed by atoms with van der Waals surface area (Å²) in [5.41, 5.74) is 1.17. The highest BCUT2D eigenvalue weighted by Crippen LogP contribution is 2.22. The first-order chi connectivity index (χ1) is 10.6. The van der Waals surface area contributed by atoms with Gasteiger partial charge in [-0.3, -0.25) is 9.69 Å². The number of rotatable bonds is 6. The van der Waals surface area contributed by atoms with Gasteiger partial charge in [-0.15, -0.1) is 0 Å². The van der Waals surface area contributed by atoms with Crippen molar-refractivity contribution in [3.8, 4) is 0 Å². The van der Waals surface area contributed by atoms with Crippen LogP contribution in [0.3, 0.4) is 0 Å². The van der Waals surface area contributed by atoms with E-state index in [0.29, 0.717) is 5.92 Å². The molecule has 3 nitrogen and oxygen atoms in total. The van der Waals surface area contributed by atoms with Gasteiger partial charge in [-0.2, -0.15) is 0 Å². The van der Waals surface area contributed by atoms with Gasteiger partial charge in [0.15, 0.2) is 0 Å². The number of benzene rings is 1. The molecule has 1 fully saturated rings. The van der Waals surface area contributed by atoms with Gasteiger partial charge < -0.3 is 5.32 Å². The third kappa shape index (κ3) is 5.29. The van der Waals surface area contributed by atoms with E-state index in [-0.39, 0.29) is 11.9 Å². The Hall–Kier alpha value is -1.06. The number of carbonyl (C=O) groups excluding carboxylic acids is 1. The van der Waals surface area contributed by atoms with Crippen molar-refractivity contribution in [1.29, 1.82) is 0 Å². The number of carbonyl (C=O) groups is 1. The van der Waals surface area contributed by atoms with Crippen LogP contribution in [-0.4, -0.2) is 30.4 Å². The Labute approximate surface area is 139 Å². The van der Waals surface area contributed by atoms with Crippen LogP contribution in [0.5, 0.6) is 0 Å². The fourth-order valence-corrected chi connectivity index (χ4v) is 3.12. The number of halogens is 1. The number of hydrogen-bond donors (Lipinski definition) is 1. The second kappa shape index (κ2) is 8.54. The molecule has 0 spiro atoms. The van der Waals surface area contributed by atoms with E-state index in [1.807, 2.05) is 38.2 Å². The molecule has 1 N–H and O–H groups in total. The predicted octanol–water partition coefficient (Wildman–Crippen LogP) is 3.86. The molecule has 1 aromatic carbocycles. The summed E-state index contributed by atoms with van der Waals surface area (Å²) in [6, 6.07) is 7.66. The van der Waals surface area contributed by atoms with E-state index in [0.717, 1.165) is 18.1 Å². The van der Waals surface area contributed by atoms with Gasteiger partial charge in [0.1, 0.15) is 0 Å². The second-order valence-electron chi connectivity index (χ2n) is 6.47. The zero-order valence-electron chi connectivity index (χ0n) is 13.6. The highest BCUT2D eigenvalue weighted by molar-refractivity contribution is 6.30. The zero-order valence-corrected chi connectivity index (χ0v) is 14.4. The third-order valence-electron chi connectivity index (χ3n) is 4.68. The van der Waals surface area contributed by atoms with Crippen LogP contribution in [-0.2, 0) is 11.3 Å². The molecule has 0 aliphatic heterocycles. The molecule has 0 saturated heterocycles. The molecular formula is C18H27ClN2O. The summed E-state index contributed by atoms with van der Waals surface area (Å²) >= 11 is 5.90. The fraction of sp³-hybridized carbons (Fsp3) is 0.611. The van der Waals surface area contributed by atoms with Crippen molar-refractivity contribution < 1.29 is 4.79 Å². The van der Waals surface area contributed by atoms with Gasteiger partial charge in [-0.1, -0.05) is 43.0 Å². The summed E-state index contributed by atoms with van der Waals surface area (Å²) in [4.78, 5) is 14.4. The number of nitrogens with one attached hydrogen (secondary N) is 1. The first-order valence-corrected chi connectivity index (χ1v) is 8.66. The SMILES string of the molecule is C[C@@H](C(=O)NCC1CCCCC1)N(C)Cc1ccc(Cl)cc1. The second-order valence-corrected chi connectivity index (χ2v) is 6.90. The van der Waals surface area contributed by atoms with Gasteiger partial charge in [0.2, 0.25) is 5.91 Å². The van der Waals surface area contributed by atoms with Crippen LogP contribution in [0.25, 0.3) is 0 Å². The average molecular weight is 323 g/mol. The van der Waals surface area contributed by atoms with Gasteiger partial charge in [0.25, 0.3) is 0 Å². The summed E-state index contributed by atoms with van der Waals surface area (Å²) < 4.78 is 0. The predicted molar refractivity (Wildman–Crippen MR) is 92.0 cm³/mol. The smallest absolute Gasteiger partial charge is 0.237 e. The highest BCUT2D eigenvalue weighted by Gasteiger charge is 2.20. The Balaban J connectivity index is 1.77. The lowest BCUT2D eigenvalue weighted by atomic mass is 9.89. The van der Waals surface area contributed by atoms with Crippen molar-refractivity contribution in [3.63, 3.8) is 0 Å². The first kappa shape index (κ1) is 17.3. The van der Waals surface area contributed by atoms with Crippen molar-refractivity contribution in [2.75, 3.05) is 13.6 Å². The molecule has 0 radical (unpaired) electrons. The minimum Gasteiger partial charge on any atom is -0.354 e. The van der Waals surface area contributed by atoms with Gasteiger partial charge in [0, 0.05) is 18.1 Å². The monoisotopic (exact) mass is 322 g/mol. The molecule has 0 heterocycles. The molecular weight excluding hydrogens is 296 g/mol. The Morgan fingerprint density at radius 1 is 1.27 bits per heavy atom. The van der Waals surface area contributed by atoms with E-state index in [1.165, 1.54) is 37.7 Å². The van der Waals surface area contributed by atoms with Gasteiger partial charge in [0.05, 0.1) is 6.04 Å². The maximum absolute atomic E-state index is 12.3. The fourth-order valence-electron chi connectivity index (χ4n) is 3.00. The van der Waals surface area contributed by atoms with Gasteiger partial charge in [-0.25, -0.2) is 0 Å². The number of hydrogen-bond acceptors (Lipinski definition) is 2. The quantitative estimate of drug-likeness (QED) is 0.862. The number of nitrogens with zero attached hydrogens (tertiary/aromatic N) is 1. The van der Waals surface area contributed by atoms with E-state index in [2.05, 4.69) is 10.2 Å². The standard InChI is InChI=1S/C18H27ClN2O/c1-14(18(22)20-12-15-6-4-3-5-7-15)21(2)13-16-8-10-17(19)11-9-16/h8-11,14-15H,3-7,12-13H2,1-2H3,(H,20,22)/t14-/m0/s1. The first-order valence-electron chi connectivity index (χ1n) is 8.28. The zero-order chi connectivity index (χ0) is 15.9. The van der Waals surface area contributed by atoms with Crippen LogP contribution in [0.4, 0.5) is 0 Å². The highest BCUT2D eigenvalue weighted by atomic mass is 35.5. The summed E-state index contributed by atoms with van der Waals surface area (Å²) in [7, 11) is 1.99. The molecule has 2 rings (SSSR count). The normalized spacial score (nSPS) is 17.5. The Bertz CT molecular complexity index is 468. The van der Waals surface area contributed by atoms with Crippen LogP contribution in [0, 0.1) is 5.92 Å². The van der Waals surface area contributed by atoms with E-state index in [4.69, 9.17) is 11.6 Å². The Morgan fingerprint density at radius 2 is 1.91 bits per heavy atom.